The summed E-state index contributed by atoms with van der Waals surface area (Å²) in [5.74, 6) is 0.517. The maximum atomic E-state index is 9.37. The number of aliphatic hydroxyl groups is 1. The molecule has 9 heavy (non-hydrogen) atoms. The van der Waals surface area contributed by atoms with Crippen molar-refractivity contribution < 1.29 is 5.11 Å². The summed E-state index contributed by atoms with van der Waals surface area (Å²) in [6.07, 6.45) is 0.781. The van der Waals surface area contributed by atoms with E-state index in [0.717, 1.165) is 6.42 Å². The third-order valence-electron chi connectivity index (χ3n) is 1.29. The van der Waals surface area contributed by atoms with Gasteiger partial charge >= 0.3 is 0 Å². The minimum absolute atomic E-state index is 0.352. The van der Waals surface area contributed by atoms with Crippen LogP contribution in [-0.2, 0) is 0 Å². The van der Waals surface area contributed by atoms with Crippen LogP contribution < -0.4 is 5.73 Å². The number of nitrogens with two attached hydrogens (primary N) is 1. The van der Waals surface area contributed by atoms with Crippen molar-refractivity contribution in [2.24, 2.45) is 11.7 Å². The van der Waals surface area contributed by atoms with Crippen LogP contribution in [0.3, 0.4) is 0 Å². The van der Waals surface area contributed by atoms with Crippen LogP contribution in [0.2, 0.25) is 0 Å². The van der Waals surface area contributed by atoms with E-state index >= 15 is 0 Å². The second kappa shape index (κ2) is 3.18. The highest BCUT2D eigenvalue weighted by atomic mass is 16.3. The van der Waals surface area contributed by atoms with Crippen molar-refractivity contribution >= 4 is 0 Å². The topological polar surface area (TPSA) is 46.2 Å². The predicted octanol–water partition coefficient (Wildman–Crippen LogP) is 0.742. The first-order chi connectivity index (χ1) is 3.98. The predicted molar refractivity (Wildman–Crippen MR) is 39.1 cm³/mol. The lowest BCUT2D eigenvalue weighted by atomic mass is 9.95. The lowest BCUT2D eigenvalue weighted by Gasteiger charge is -2.22. The van der Waals surface area contributed by atoms with E-state index in [9.17, 15) is 5.11 Å². The highest BCUT2D eigenvalue weighted by Crippen LogP contribution is 2.13. The largest absolute Gasteiger partial charge is 0.389 e. The van der Waals surface area contributed by atoms with Gasteiger partial charge in [0.15, 0.2) is 0 Å². The van der Waals surface area contributed by atoms with Gasteiger partial charge in [-0.3, -0.25) is 0 Å². The van der Waals surface area contributed by atoms with Crippen LogP contribution in [0.1, 0.15) is 27.2 Å². The van der Waals surface area contributed by atoms with Gasteiger partial charge in [-0.25, -0.2) is 0 Å². The number of rotatable bonds is 3. The molecule has 2 nitrogen and oxygen atoms in total. The van der Waals surface area contributed by atoms with Crippen LogP contribution in [0.4, 0.5) is 0 Å². The summed E-state index contributed by atoms with van der Waals surface area (Å²) < 4.78 is 0. The van der Waals surface area contributed by atoms with Gasteiger partial charge in [0.25, 0.3) is 0 Å². The quantitative estimate of drug-likeness (QED) is 0.593. The molecule has 0 saturated carbocycles. The van der Waals surface area contributed by atoms with E-state index in [2.05, 4.69) is 13.8 Å². The molecule has 0 aromatic rings. The number of hydrogen-bond donors (Lipinski definition) is 2. The van der Waals surface area contributed by atoms with E-state index < -0.39 is 5.60 Å². The molecule has 0 fully saturated rings. The highest BCUT2D eigenvalue weighted by molar-refractivity contribution is 4.74. The molecule has 1 atom stereocenters. The summed E-state index contributed by atoms with van der Waals surface area (Å²) in [6, 6.07) is 0. The molecule has 2 heteroatoms. The molecule has 0 unspecified atom stereocenters. The molecular weight excluding hydrogens is 114 g/mol. The lowest BCUT2D eigenvalue weighted by molar-refractivity contribution is 0.0473. The second-order valence-electron chi connectivity index (χ2n) is 3.30. The molecule has 3 N–H and O–H groups in total. The molecule has 0 aliphatic rings. The zero-order chi connectivity index (χ0) is 7.49. The first-order valence-electron chi connectivity index (χ1n) is 3.40. The first-order valence-corrected chi connectivity index (χ1v) is 3.40. The standard InChI is InChI=1S/C7H17NO/c1-6(2)4-7(3,9)5-8/h6,9H,4-5,8H2,1-3H3/t7-/m1/s1. The van der Waals surface area contributed by atoms with Crippen molar-refractivity contribution in [1.82, 2.24) is 0 Å². The Balaban J connectivity index is 3.58. The van der Waals surface area contributed by atoms with Crippen LogP contribution in [0.15, 0.2) is 0 Å². The Kier molecular flexibility index (Phi) is 3.15. The van der Waals surface area contributed by atoms with Crippen LogP contribution >= 0.6 is 0 Å². The van der Waals surface area contributed by atoms with Gasteiger partial charge < -0.3 is 10.8 Å². The van der Waals surface area contributed by atoms with E-state index in [4.69, 9.17) is 5.73 Å². The lowest BCUT2D eigenvalue weighted by Crippen LogP contribution is -2.35. The van der Waals surface area contributed by atoms with E-state index in [0.29, 0.717) is 12.5 Å². The molecule has 0 bridgehead atoms. The average molecular weight is 131 g/mol. The van der Waals surface area contributed by atoms with Crippen molar-refractivity contribution in [2.75, 3.05) is 6.54 Å². The molecule has 0 aromatic heterocycles. The highest BCUT2D eigenvalue weighted by Gasteiger charge is 2.18. The van der Waals surface area contributed by atoms with Crippen LogP contribution in [0.5, 0.6) is 0 Å². The molecule has 0 aromatic carbocycles. The van der Waals surface area contributed by atoms with Gasteiger partial charge in [0.2, 0.25) is 0 Å². The fraction of sp³-hybridized carbons (Fsp3) is 1.00. The van der Waals surface area contributed by atoms with Crippen molar-refractivity contribution in [3.63, 3.8) is 0 Å². The molecule has 0 heterocycles. The fourth-order valence-electron chi connectivity index (χ4n) is 0.963. The van der Waals surface area contributed by atoms with Crippen molar-refractivity contribution in [3.05, 3.63) is 0 Å². The summed E-state index contributed by atoms with van der Waals surface area (Å²) in [4.78, 5) is 0. The van der Waals surface area contributed by atoms with Crippen molar-refractivity contribution in [2.45, 2.75) is 32.8 Å². The van der Waals surface area contributed by atoms with E-state index in [1.165, 1.54) is 0 Å². The molecule has 0 saturated heterocycles. The Hall–Kier alpha value is -0.0800. The van der Waals surface area contributed by atoms with Crippen LogP contribution in [-0.4, -0.2) is 17.3 Å². The molecule has 0 spiro atoms. The molecular formula is C7H17NO. The monoisotopic (exact) mass is 131 g/mol. The number of hydrogen-bond acceptors (Lipinski definition) is 2. The minimum atomic E-state index is -0.659. The Morgan fingerprint density at radius 2 is 2.00 bits per heavy atom. The van der Waals surface area contributed by atoms with Gasteiger partial charge in [0.1, 0.15) is 0 Å². The van der Waals surface area contributed by atoms with Crippen molar-refractivity contribution in [1.29, 1.82) is 0 Å². The maximum Gasteiger partial charge on any atom is 0.0743 e. The SMILES string of the molecule is CC(C)C[C@@](C)(O)CN. The normalized spacial score (nSPS) is 18.0. The molecule has 0 radical (unpaired) electrons. The molecule has 0 aliphatic heterocycles. The maximum absolute atomic E-state index is 9.37. The van der Waals surface area contributed by atoms with Gasteiger partial charge in [0.05, 0.1) is 5.60 Å². The Morgan fingerprint density at radius 3 is 2.11 bits per heavy atom. The second-order valence-corrected chi connectivity index (χ2v) is 3.30. The van der Waals surface area contributed by atoms with Crippen molar-refractivity contribution in [3.8, 4) is 0 Å². The fourth-order valence-corrected chi connectivity index (χ4v) is 0.963. The minimum Gasteiger partial charge on any atom is -0.389 e. The summed E-state index contributed by atoms with van der Waals surface area (Å²) in [5, 5.41) is 9.37. The molecule has 0 rings (SSSR count). The zero-order valence-electron chi connectivity index (χ0n) is 6.52. The summed E-state index contributed by atoms with van der Waals surface area (Å²) in [7, 11) is 0. The third-order valence-corrected chi connectivity index (χ3v) is 1.29. The average Bonchev–Trinajstić information content (AvgIpc) is 1.63. The van der Waals surface area contributed by atoms with E-state index in [-0.39, 0.29) is 0 Å². The zero-order valence-corrected chi connectivity index (χ0v) is 6.52. The van der Waals surface area contributed by atoms with Gasteiger partial charge in [-0.05, 0) is 19.3 Å². The summed E-state index contributed by atoms with van der Waals surface area (Å²) >= 11 is 0. The van der Waals surface area contributed by atoms with Gasteiger partial charge in [0, 0.05) is 6.54 Å². The van der Waals surface area contributed by atoms with E-state index in [1.54, 1.807) is 6.92 Å². The van der Waals surface area contributed by atoms with Crippen LogP contribution in [0.25, 0.3) is 0 Å². The van der Waals surface area contributed by atoms with Gasteiger partial charge in [-0.2, -0.15) is 0 Å². The summed E-state index contributed by atoms with van der Waals surface area (Å²) in [5.41, 5.74) is 4.65. The van der Waals surface area contributed by atoms with Gasteiger partial charge in [-0.1, -0.05) is 13.8 Å². The molecule has 0 aliphatic carbocycles. The smallest absolute Gasteiger partial charge is 0.0743 e. The Bertz CT molecular complexity index is 79.0. The summed E-state index contributed by atoms with van der Waals surface area (Å²) in [6.45, 7) is 6.27. The van der Waals surface area contributed by atoms with Crippen LogP contribution in [0, 0.1) is 5.92 Å². The molecule has 56 valence electrons. The Labute approximate surface area is 57.1 Å². The Morgan fingerprint density at radius 1 is 1.56 bits per heavy atom. The third kappa shape index (κ3) is 4.43. The molecule has 0 amide bonds. The first kappa shape index (κ1) is 8.92. The van der Waals surface area contributed by atoms with Gasteiger partial charge in [-0.15, -0.1) is 0 Å². The van der Waals surface area contributed by atoms with E-state index in [1.807, 2.05) is 0 Å².